The number of unbranched alkanes of at least 4 members (excludes halogenated alkanes) is 9. The fraction of sp³-hybridized carbons (Fsp3) is 0.342. The molecule has 4 aliphatic heterocycles. The van der Waals surface area contributed by atoms with Gasteiger partial charge in [0.15, 0.2) is 23.0 Å². The Morgan fingerprint density at radius 3 is 1.34 bits per heavy atom. The maximum atomic E-state index is 11.9. The average molecular weight is 1460 g/mol. The zero-order chi connectivity index (χ0) is 68.7. The van der Waals surface area contributed by atoms with E-state index in [4.69, 9.17) is 33.6 Å². The molecule has 0 bridgehead atoms. The second-order valence-electron chi connectivity index (χ2n) is 23.0. The number of amides is 2. The average Bonchev–Trinajstić information content (AvgIpc) is 1.69. The van der Waals surface area contributed by atoms with Crippen LogP contribution in [0, 0.1) is 0 Å². The Kier molecular flexibility index (Phi) is 36.0. The highest BCUT2D eigenvalue weighted by Gasteiger charge is 2.23. The standard InChI is InChI=1S/C22H27NO3.C20H24N2O3.C13H9NO2.C13H11NO.C9H17IO2.C2H6S.B/c1-2-25-22(24)15-5-3-4-10-16-23-17-18-11-6-8-13-20(18)26-21-14-9-7-12-19(21)23;23-20(21-24)13-3-1-2-8-14-22-15-16-9-4-6-11-18(16)25-19-12-7-5-10-17(19)22;15-13-9-5-1-3-7-11(9)16-12-8-4-2-6-10(12)14-13;1-3-7-12-10(5-1)9-14-11-6-2-4-8-13(11)15-12;1-2-12-9(11)7-5-3-4-6-8-10;1-3-2;/h6-9,11-14H,2-5,10,15-17H2,1H3;4-7,9-12,24H,1-3,8,13-15H2,(H,21,23);1-8H,(H,14,15);1-8,14H,9H2;2-8H2,1H3;1-2H3;. The molecular formula is C79H94BIN5O11S. The van der Waals surface area contributed by atoms with Crippen molar-refractivity contribution in [1.29, 1.82) is 0 Å². The molecule has 8 aromatic carbocycles. The van der Waals surface area contributed by atoms with Crippen LogP contribution in [0.25, 0.3) is 0 Å². The van der Waals surface area contributed by atoms with Crippen molar-refractivity contribution in [3.05, 3.63) is 216 Å². The molecule has 19 heteroatoms. The van der Waals surface area contributed by atoms with Crippen LogP contribution in [0.5, 0.6) is 46.0 Å². The van der Waals surface area contributed by atoms with Crippen molar-refractivity contribution < 1.29 is 52.8 Å². The van der Waals surface area contributed by atoms with Gasteiger partial charge in [-0.3, -0.25) is 24.4 Å². The number of hydrogen-bond donors (Lipinski definition) is 4. The van der Waals surface area contributed by atoms with Crippen LogP contribution >= 0.6 is 34.4 Å². The summed E-state index contributed by atoms with van der Waals surface area (Å²) < 4.78 is 34.8. The van der Waals surface area contributed by atoms with Gasteiger partial charge in [0.05, 0.1) is 41.5 Å². The van der Waals surface area contributed by atoms with Gasteiger partial charge in [0.2, 0.25) is 5.91 Å². The van der Waals surface area contributed by atoms with Gasteiger partial charge in [0.25, 0.3) is 5.91 Å². The van der Waals surface area contributed by atoms with Gasteiger partial charge in [-0.25, -0.2) is 5.48 Å². The first kappa shape index (κ1) is 78.3. The zero-order valence-electron chi connectivity index (χ0n) is 57.0. The Balaban J connectivity index is 0.000000196. The van der Waals surface area contributed by atoms with Crippen LogP contribution in [0.2, 0.25) is 0 Å². The van der Waals surface area contributed by atoms with Crippen molar-refractivity contribution in [3.8, 4) is 46.0 Å². The number of carbonyl (C=O) groups excluding carboxylic acids is 4. The normalized spacial score (nSPS) is 12.0. The molecule has 2 amide bonds. The Bertz CT molecular complexity index is 3650. The van der Waals surface area contributed by atoms with Gasteiger partial charge in [-0.15, -0.1) is 0 Å². The summed E-state index contributed by atoms with van der Waals surface area (Å²) in [6.45, 7) is 9.09. The number of para-hydroxylation sites is 12. The molecule has 0 spiro atoms. The molecule has 0 saturated carbocycles. The maximum Gasteiger partial charge on any atom is 0.305 e. The van der Waals surface area contributed by atoms with Gasteiger partial charge < -0.3 is 48.9 Å². The number of ether oxygens (including phenoxy) is 6. The Labute approximate surface area is 599 Å². The van der Waals surface area contributed by atoms with Gasteiger partial charge in [-0.05, 0) is 148 Å². The molecule has 8 aromatic rings. The molecule has 16 nitrogen and oxygen atoms in total. The molecule has 0 aromatic heterocycles. The van der Waals surface area contributed by atoms with Gasteiger partial charge in [0.1, 0.15) is 23.0 Å². The first-order valence-corrected chi connectivity index (χ1v) is 36.9. The van der Waals surface area contributed by atoms with E-state index >= 15 is 0 Å². The van der Waals surface area contributed by atoms with Crippen molar-refractivity contribution in [2.45, 2.75) is 130 Å². The minimum Gasteiger partial charge on any atom is -0.466 e. The summed E-state index contributed by atoms with van der Waals surface area (Å²) in [5, 5.41) is 14.7. The first-order valence-electron chi connectivity index (χ1n) is 33.7. The number of esters is 2. The van der Waals surface area contributed by atoms with E-state index < -0.39 is 0 Å². The third-order valence-electron chi connectivity index (χ3n) is 15.7. The molecule has 0 aliphatic carbocycles. The number of rotatable bonds is 22. The second kappa shape index (κ2) is 45.0. The maximum absolute atomic E-state index is 11.9. The van der Waals surface area contributed by atoms with Crippen LogP contribution in [0.3, 0.4) is 0 Å². The number of anilines is 4. The number of hydroxylamine groups is 1. The van der Waals surface area contributed by atoms with Crippen LogP contribution in [-0.4, -0.2) is 80.6 Å². The van der Waals surface area contributed by atoms with Gasteiger partial charge in [-0.2, -0.15) is 11.8 Å². The monoisotopic (exact) mass is 1460 g/mol. The first-order chi connectivity index (χ1) is 47.5. The fourth-order valence-corrected chi connectivity index (χ4v) is 11.4. The van der Waals surface area contributed by atoms with E-state index in [2.05, 4.69) is 85.5 Å². The van der Waals surface area contributed by atoms with E-state index in [-0.39, 0.29) is 32.2 Å². The topological polar surface area (TPSA) is 186 Å². The molecule has 0 fully saturated rings. The van der Waals surface area contributed by atoms with Crippen molar-refractivity contribution in [2.24, 2.45) is 0 Å². The summed E-state index contributed by atoms with van der Waals surface area (Å²) in [5.41, 5.74) is 9.84. The highest BCUT2D eigenvalue weighted by atomic mass is 127. The molecule has 4 aliphatic rings. The summed E-state index contributed by atoms with van der Waals surface area (Å²) in [6, 6.07) is 63.5. The largest absolute Gasteiger partial charge is 0.466 e. The molecule has 98 heavy (non-hydrogen) atoms. The van der Waals surface area contributed by atoms with Crippen molar-refractivity contribution in [1.82, 2.24) is 5.48 Å². The predicted octanol–water partition coefficient (Wildman–Crippen LogP) is 19.5. The fourth-order valence-electron chi connectivity index (χ4n) is 10.9. The molecule has 12 rings (SSSR count). The van der Waals surface area contributed by atoms with Crippen LogP contribution in [0.4, 0.5) is 22.7 Å². The van der Waals surface area contributed by atoms with E-state index in [1.54, 1.807) is 29.4 Å². The molecular weight excluding hydrogens is 1360 g/mol. The second-order valence-corrected chi connectivity index (χ2v) is 24.9. The molecule has 0 atom stereocenters. The summed E-state index contributed by atoms with van der Waals surface area (Å²) in [4.78, 5) is 49.9. The summed E-state index contributed by atoms with van der Waals surface area (Å²) in [5.74, 6) is 6.18. The van der Waals surface area contributed by atoms with Crippen LogP contribution in [-0.2, 0) is 43.5 Å². The number of carbonyl (C=O) groups is 4. The molecule has 4 N–H and O–H groups in total. The smallest absolute Gasteiger partial charge is 0.305 e. The number of hydrogen-bond acceptors (Lipinski definition) is 15. The molecule has 0 unspecified atom stereocenters. The van der Waals surface area contributed by atoms with E-state index in [1.165, 1.54) is 34.0 Å². The SMILES string of the molecule is CCOC(=O)CCCCCCI.CCOC(=O)CCCCCCN1Cc2ccccc2Oc2ccccc21.CSC.O=C(CCCCCCN1Cc2ccccc2Oc2ccccc21)NO.O=C1Nc2ccccc2Oc2ccccc21.[B].c1ccc2c(c1)CNc1ccccc1O2. The van der Waals surface area contributed by atoms with Gasteiger partial charge >= 0.3 is 11.9 Å². The van der Waals surface area contributed by atoms with Gasteiger partial charge in [0, 0.05) is 77.1 Å². The number of fused-ring (bicyclic) bond motifs is 8. The van der Waals surface area contributed by atoms with E-state index in [0.717, 1.165) is 148 Å². The third kappa shape index (κ3) is 26.3. The van der Waals surface area contributed by atoms with Crippen LogP contribution < -0.4 is 44.9 Å². The minimum atomic E-state index is -0.310. The van der Waals surface area contributed by atoms with E-state index in [1.807, 2.05) is 166 Å². The number of nitrogens with zero attached hydrogens (tertiary/aromatic N) is 2. The highest BCUT2D eigenvalue weighted by Crippen LogP contribution is 2.41. The Morgan fingerprint density at radius 1 is 0.469 bits per heavy atom. The summed E-state index contributed by atoms with van der Waals surface area (Å²) in [7, 11) is 0. The highest BCUT2D eigenvalue weighted by molar-refractivity contribution is 14.1. The Morgan fingerprint density at radius 2 is 0.837 bits per heavy atom. The van der Waals surface area contributed by atoms with E-state index in [0.29, 0.717) is 55.2 Å². The lowest BCUT2D eigenvalue weighted by atomic mass is 10.1. The molecule has 0 saturated heterocycles. The third-order valence-corrected chi connectivity index (χ3v) is 16.5. The molecule has 3 radical (unpaired) electrons. The quantitative estimate of drug-likeness (QED) is 0.00954. The van der Waals surface area contributed by atoms with Crippen molar-refractivity contribution in [3.63, 3.8) is 0 Å². The number of nitrogens with one attached hydrogen (secondary N) is 3. The number of benzene rings is 8. The zero-order valence-corrected chi connectivity index (χ0v) is 60.0. The van der Waals surface area contributed by atoms with Crippen LogP contribution in [0.1, 0.15) is 137 Å². The van der Waals surface area contributed by atoms with Crippen molar-refractivity contribution >= 4 is 89.3 Å². The minimum absolute atomic E-state index is 0. The predicted molar refractivity (Wildman–Crippen MR) is 406 cm³/mol. The van der Waals surface area contributed by atoms with Crippen molar-refractivity contribution in [2.75, 3.05) is 63.7 Å². The summed E-state index contributed by atoms with van der Waals surface area (Å²) >= 11 is 4.12. The number of thioether (sulfide) groups is 1. The Hall–Kier alpha value is -8.66. The lowest BCUT2D eigenvalue weighted by Gasteiger charge is -2.24. The lowest BCUT2D eigenvalue weighted by Crippen LogP contribution is -2.23. The molecule has 517 valence electrons. The number of alkyl halides is 1. The lowest BCUT2D eigenvalue weighted by molar-refractivity contribution is -0.144. The number of halogens is 1. The molecule has 4 heterocycles. The van der Waals surface area contributed by atoms with E-state index in [9.17, 15) is 19.2 Å². The van der Waals surface area contributed by atoms with Crippen LogP contribution in [0.15, 0.2) is 194 Å². The van der Waals surface area contributed by atoms with Gasteiger partial charge in [-0.1, -0.05) is 176 Å². The summed E-state index contributed by atoms with van der Waals surface area (Å²) in [6.07, 6.45) is 18.3.